The third-order valence-electron chi connectivity index (χ3n) is 3.07. The summed E-state index contributed by atoms with van der Waals surface area (Å²) in [5, 5.41) is 0.323. The number of Topliss-reactive ketones (excluding diaryl/α,β-unsaturated/α-hetero) is 1. The summed E-state index contributed by atoms with van der Waals surface area (Å²) < 4.78 is 13.9. The average molecular weight is 291 g/mol. The molecule has 0 unspecified atom stereocenters. The van der Waals surface area contributed by atoms with Crippen LogP contribution in [-0.2, 0) is 11.3 Å². The third-order valence-corrected chi connectivity index (χ3v) is 3.29. The van der Waals surface area contributed by atoms with Crippen molar-refractivity contribution in [2.75, 3.05) is 4.90 Å². The van der Waals surface area contributed by atoms with Gasteiger partial charge in [-0.05, 0) is 23.8 Å². The first kappa shape index (κ1) is 12.7. The number of hydrogen-bond acceptors (Lipinski definition) is 3. The second-order valence-electron chi connectivity index (χ2n) is 4.35. The van der Waals surface area contributed by atoms with Crippen molar-refractivity contribution in [1.82, 2.24) is 4.98 Å². The lowest BCUT2D eigenvalue weighted by atomic mass is 10.1. The maximum absolute atomic E-state index is 13.9. The molecular formula is C14H8ClFN2O2. The molecule has 0 saturated heterocycles. The largest absolute Gasteiger partial charge is 0.299 e. The summed E-state index contributed by atoms with van der Waals surface area (Å²) in [6.45, 7) is 0.0721. The number of rotatable bonds is 2. The van der Waals surface area contributed by atoms with Crippen LogP contribution < -0.4 is 4.90 Å². The van der Waals surface area contributed by atoms with E-state index in [1.54, 1.807) is 12.1 Å². The first-order chi connectivity index (χ1) is 9.58. The van der Waals surface area contributed by atoms with E-state index in [1.807, 2.05) is 0 Å². The van der Waals surface area contributed by atoms with Crippen LogP contribution >= 0.6 is 11.6 Å². The van der Waals surface area contributed by atoms with Crippen molar-refractivity contribution in [2.45, 2.75) is 6.54 Å². The lowest BCUT2D eigenvalue weighted by Crippen LogP contribution is -2.29. The molecule has 2 heterocycles. The minimum atomic E-state index is -0.736. The van der Waals surface area contributed by atoms with Crippen LogP contribution in [-0.4, -0.2) is 16.7 Å². The number of benzene rings is 1. The van der Waals surface area contributed by atoms with Gasteiger partial charge in [0, 0.05) is 6.20 Å². The highest BCUT2D eigenvalue weighted by Gasteiger charge is 2.37. The number of hydrogen-bond donors (Lipinski definition) is 0. The normalized spacial score (nSPS) is 13.8. The zero-order valence-corrected chi connectivity index (χ0v) is 10.9. The number of ketones is 1. The maximum Gasteiger partial charge on any atom is 0.299 e. The number of para-hydroxylation sites is 1. The first-order valence-corrected chi connectivity index (χ1v) is 6.21. The summed E-state index contributed by atoms with van der Waals surface area (Å²) in [5.74, 6) is -2.02. The Labute approximate surface area is 118 Å². The van der Waals surface area contributed by atoms with Gasteiger partial charge in [0.25, 0.3) is 11.7 Å². The second kappa shape index (κ2) is 4.68. The number of pyridine rings is 1. The van der Waals surface area contributed by atoms with Crippen LogP contribution in [0.2, 0.25) is 5.15 Å². The zero-order valence-electron chi connectivity index (χ0n) is 10.1. The molecule has 1 aromatic carbocycles. The quantitative estimate of drug-likeness (QED) is 0.631. The number of nitrogens with zero attached hydrogens (tertiary/aromatic N) is 2. The van der Waals surface area contributed by atoms with E-state index in [1.165, 1.54) is 24.4 Å². The highest BCUT2D eigenvalue weighted by molar-refractivity contribution is 6.52. The van der Waals surface area contributed by atoms with Gasteiger partial charge in [0.05, 0.1) is 17.8 Å². The summed E-state index contributed by atoms with van der Waals surface area (Å²) in [5.41, 5.74) is 0.779. The molecule has 2 aromatic rings. The van der Waals surface area contributed by atoms with E-state index in [9.17, 15) is 14.0 Å². The van der Waals surface area contributed by atoms with Gasteiger partial charge in [0.1, 0.15) is 11.0 Å². The molecule has 0 radical (unpaired) electrons. The van der Waals surface area contributed by atoms with Gasteiger partial charge in [-0.3, -0.25) is 14.5 Å². The Morgan fingerprint density at radius 3 is 2.70 bits per heavy atom. The van der Waals surface area contributed by atoms with Crippen molar-refractivity contribution < 1.29 is 14.0 Å². The topological polar surface area (TPSA) is 50.3 Å². The van der Waals surface area contributed by atoms with Gasteiger partial charge in [0.2, 0.25) is 0 Å². The van der Waals surface area contributed by atoms with Crippen molar-refractivity contribution in [1.29, 1.82) is 0 Å². The molecule has 20 heavy (non-hydrogen) atoms. The van der Waals surface area contributed by atoms with Gasteiger partial charge in [-0.25, -0.2) is 9.37 Å². The van der Waals surface area contributed by atoms with Gasteiger partial charge in [-0.2, -0.15) is 0 Å². The molecule has 0 fully saturated rings. The number of amides is 1. The molecule has 0 atom stereocenters. The molecule has 0 saturated carbocycles. The van der Waals surface area contributed by atoms with Crippen molar-refractivity contribution in [3.05, 3.63) is 58.6 Å². The molecule has 1 aliphatic heterocycles. The fourth-order valence-corrected chi connectivity index (χ4v) is 2.26. The van der Waals surface area contributed by atoms with Gasteiger partial charge in [-0.15, -0.1) is 0 Å². The summed E-state index contributed by atoms with van der Waals surface area (Å²) in [4.78, 5) is 28.8. The predicted octanol–water partition coefficient (Wildman–Crippen LogP) is 2.60. The third kappa shape index (κ3) is 1.96. The summed E-state index contributed by atoms with van der Waals surface area (Å²) in [6.07, 6.45) is 1.49. The SMILES string of the molecule is O=C1C(=O)N(Cc2ccc(Cl)nc2)c2c(F)cccc21. The molecule has 1 aliphatic rings. The fraction of sp³-hybridized carbons (Fsp3) is 0.0714. The molecular weight excluding hydrogens is 283 g/mol. The summed E-state index contributed by atoms with van der Waals surface area (Å²) in [7, 11) is 0. The lowest BCUT2D eigenvalue weighted by molar-refractivity contribution is -0.114. The predicted molar refractivity (Wildman–Crippen MR) is 71.2 cm³/mol. The minimum absolute atomic E-state index is 0.0254. The summed E-state index contributed by atoms with van der Waals surface area (Å²) in [6, 6.07) is 7.32. The lowest BCUT2D eigenvalue weighted by Gasteiger charge is -2.16. The monoisotopic (exact) mass is 290 g/mol. The molecule has 100 valence electrons. The molecule has 1 aromatic heterocycles. The standard InChI is InChI=1S/C14H8ClFN2O2/c15-11-5-4-8(6-17-11)7-18-12-9(13(19)14(18)20)2-1-3-10(12)16/h1-6H,7H2. The highest BCUT2D eigenvalue weighted by atomic mass is 35.5. The Bertz CT molecular complexity index is 716. The van der Waals surface area contributed by atoms with E-state index >= 15 is 0 Å². The second-order valence-corrected chi connectivity index (χ2v) is 4.73. The first-order valence-electron chi connectivity index (χ1n) is 5.83. The van der Waals surface area contributed by atoms with Gasteiger partial charge >= 0.3 is 0 Å². The average Bonchev–Trinajstić information content (AvgIpc) is 2.68. The number of halogens is 2. The van der Waals surface area contributed by atoms with Crippen LogP contribution in [0.15, 0.2) is 36.5 Å². The molecule has 0 N–H and O–H groups in total. The smallest absolute Gasteiger partial charge is 0.297 e. The van der Waals surface area contributed by atoms with Crippen LogP contribution in [0.1, 0.15) is 15.9 Å². The van der Waals surface area contributed by atoms with E-state index in [-0.39, 0.29) is 17.8 Å². The molecule has 4 nitrogen and oxygen atoms in total. The molecule has 3 rings (SSSR count). The summed E-state index contributed by atoms with van der Waals surface area (Å²) >= 11 is 5.68. The van der Waals surface area contributed by atoms with Crippen LogP contribution in [0, 0.1) is 5.82 Å². The van der Waals surface area contributed by atoms with E-state index in [4.69, 9.17) is 11.6 Å². The molecule has 1 amide bonds. The van der Waals surface area contributed by atoms with Crippen LogP contribution in [0.25, 0.3) is 0 Å². The number of carbonyl (C=O) groups excluding carboxylic acids is 2. The van der Waals surface area contributed by atoms with Gasteiger partial charge in [-0.1, -0.05) is 23.7 Å². The van der Waals surface area contributed by atoms with Crippen molar-refractivity contribution in [3.63, 3.8) is 0 Å². The number of carbonyl (C=O) groups is 2. The van der Waals surface area contributed by atoms with E-state index in [0.29, 0.717) is 10.7 Å². The Hall–Kier alpha value is -2.27. The fourth-order valence-electron chi connectivity index (χ4n) is 2.15. The Balaban J connectivity index is 2.01. The molecule has 0 bridgehead atoms. The molecule has 0 spiro atoms. The number of anilines is 1. The van der Waals surface area contributed by atoms with Gasteiger partial charge in [0.15, 0.2) is 0 Å². The van der Waals surface area contributed by atoms with Crippen LogP contribution in [0.4, 0.5) is 10.1 Å². The molecule has 0 aliphatic carbocycles. The molecule has 6 heteroatoms. The number of aromatic nitrogens is 1. The van der Waals surface area contributed by atoms with E-state index in [2.05, 4.69) is 4.98 Å². The van der Waals surface area contributed by atoms with Gasteiger partial charge < -0.3 is 0 Å². The van der Waals surface area contributed by atoms with Crippen molar-refractivity contribution in [3.8, 4) is 0 Å². The van der Waals surface area contributed by atoms with Crippen molar-refractivity contribution in [2.24, 2.45) is 0 Å². The van der Waals surface area contributed by atoms with E-state index in [0.717, 1.165) is 4.90 Å². The van der Waals surface area contributed by atoms with E-state index < -0.39 is 17.5 Å². The Morgan fingerprint density at radius 1 is 1.20 bits per heavy atom. The number of fused-ring (bicyclic) bond motifs is 1. The van der Waals surface area contributed by atoms with Crippen LogP contribution in [0.5, 0.6) is 0 Å². The van der Waals surface area contributed by atoms with Crippen molar-refractivity contribution >= 4 is 29.0 Å². The Morgan fingerprint density at radius 2 is 2.00 bits per heavy atom. The zero-order chi connectivity index (χ0) is 14.3. The Kier molecular flexibility index (Phi) is 2.99. The minimum Gasteiger partial charge on any atom is -0.297 e. The van der Waals surface area contributed by atoms with Crippen LogP contribution in [0.3, 0.4) is 0 Å². The highest BCUT2D eigenvalue weighted by Crippen LogP contribution is 2.32. The maximum atomic E-state index is 13.9.